The zero-order chi connectivity index (χ0) is 11.4. The van der Waals surface area contributed by atoms with Gasteiger partial charge in [-0.1, -0.05) is 6.92 Å². The van der Waals surface area contributed by atoms with Gasteiger partial charge in [-0.05, 0) is 13.5 Å². The van der Waals surface area contributed by atoms with Crippen molar-refractivity contribution in [3.05, 3.63) is 34.0 Å². The Hall–Kier alpha value is -1.20. The van der Waals surface area contributed by atoms with Crippen LogP contribution in [-0.2, 0) is 13.1 Å². The summed E-state index contributed by atoms with van der Waals surface area (Å²) >= 11 is 1.68. The molecule has 0 aliphatic heterocycles. The third kappa shape index (κ3) is 2.90. The maximum Gasteiger partial charge on any atom is 0.114 e. The molecule has 16 heavy (non-hydrogen) atoms. The van der Waals surface area contributed by atoms with Crippen LogP contribution in [0.15, 0.2) is 17.8 Å². The van der Waals surface area contributed by atoms with E-state index in [0.29, 0.717) is 0 Å². The molecule has 1 N–H and O–H groups in total. The summed E-state index contributed by atoms with van der Waals surface area (Å²) in [5.74, 6) is 0. The first-order valence-corrected chi connectivity index (χ1v) is 6.29. The third-order valence-electron chi connectivity index (χ3n) is 2.23. The van der Waals surface area contributed by atoms with Gasteiger partial charge in [-0.25, -0.2) is 4.98 Å². The van der Waals surface area contributed by atoms with Gasteiger partial charge in [0.25, 0.3) is 0 Å². The number of hydrogen-bond donors (Lipinski definition) is 1. The minimum atomic E-state index is 0.768. The minimum absolute atomic E-state index is 0.768. The van der Waals surface area contributed by atoms with Crippen LogP contribution >= 0.6 is 11.3 Å². The Balaban J connectivity index is 1.97. The average molecular weight is 236 g/mol. The Morgan fingerprint density at radius 1 is 1.50 bits per heavy atom. The molecule has 0 saturated heterocycles. The van der Waals surface area contributed by atoms with Gasteiger partial charge in [0.05, 0.1) is 12.7 Å². The molecule has 5 heteroatoms. The van der Waals surface area contributed by atoms with Gasteiger partial charge in [-0.3, -0.25) is 4.68 Å². The smallest absolute Gasteiger partial charge is 0.114 e. The summed E-state index contributed by atoms with van der Waals surface area (Å²) in [5.41, 5.74) is 2.30. The second-order valence-electron chi connectivity index (χ2n) is 3.71. The maximum absolute atomic E-state index is 4.42. The van der Waals surface area contributed by atoms with Gasteiger partial charge in [0.2, 0.25) is 0 Å². The quantitative estimate of drug-likeness (QED) is 0.861. The second kappa shape index (κ2) is 5.23. The van der Waals surface area contributed by atoms with E-state index >= 15 is 0 Å². The zero-order valence-electron chi connectivity index (χ0n) is 9.60. The minimum Gasteiger partial charge on any atom is -0.313 e. The molecule has 0 unspecified atom stereocenters. The van der Waals surface area contributed by atoms with Gasteiger partial charge in [0, 0.05) is 29.4 Å². The van der Waals surface area contributed by atoms with Crippen molar-refractivity contribution >= 4 is 11.3 Å². The Kier molecular flexibility index (Phi) is 3.69. The van der Waals surface area contributed by atoms with Crippen LogP contribution in [0, 0.1) is 6.92 Å². The fraction of sp³-hybridized carbons (Fsp3) is 0.455. The summed E-state index contributed by atoms with van der Waals surface area (Å²) in [5, 5.41) is 10.8. The number of nitrogens with one attached hydrogen (secondary N) is 1. The first-order valence-electron chi connectivity index (χ1n) is 5.41. The SMILES string of the molecule is CCNCc1cnn(Cc2nc(C)cs2)c1. The number of rotatable bonds is 5. The van der Waals surface area contributed by atoms with Crippen molar-refractivity contribution in [2.45, 2.75) is 26.9 Å². The number of thiazole rings is 1. The molecule has 2 rings (SSSR count). The number of hydrogen-bond acceptors (Lipinski definition) is 4. The predicted octanol–water partition coefficient (Wildman–Crippen LogP) is 1.81. The summed E-state index contributed by atoms with van der Waals surface area (Å²) < 4.78 is 1.94. The van der Waals surface area contributed by atoms with Crippen LogP contribution in [-0.4, -0.2) is 21.3 Å². The molecule has 0 saturated carbocycles. The van der Waals surface area contributed by atoms with Gasteiger partial charge in [-0.15, -0.1) is 11.3 Å². The predicted molar refractivity (Wildman–Crippen MR) is 65.6 cm³/mol. The van der Waals surface area contributed by atoms with E-state index in [4.69, 9.17) is 0 Å². The summed E-state index contributed by atoms with van der Waals surface area (Å²) in [6.45, 7) is 6.75. The van der Waals surface area contributed by atoms with Crippen molar-refractivity contribution in [3.8, 4) is 0 Å². The average Bonchev–Trinajstić information content (AvgIpc) is 2.86. The lowest BCUT2D eigenvalue weighted by molar-refractivity contribution is 0.678. The molecular formula is C11H16N4S. The molecule has 0 amide bonds. The lowest BCUT2D eigenvalue weighted by Crippen LogP contribution is -2.11. The van der Waals surface area contributed by atoms with Crippen LogP contribution in [0.3, 0.4) is 0 Å². The third-order valence-corrected chi connectivity index (χ3v) is 3.18. The topological polar surface area (TPSA) is 42.7 Å². The molecule has 0 aromatic carbocycles. The number of aryl methyl sites for hydroxylation is 1. The fourth-order valence-electron chi connectivity index (χ4n) is 1.47. The van der Waals surface area contributed by atoms with Crippen molar-refractivity contribution in [3.63, 3.8) is 0 Å². The van der Waals surface area contributed by atoms with Crippen LogP contribution in [0.5, 0.6) is 0 Å². The summed E-state index contributed by atoms with van der Waals surface area (Å²) in [7, 11) is 0. The number of aromatic nitrogens is 3. The molecule has 2 heterocycles. The lowest BCUT2D eigenvalue weighted by Gasteiger charge is -1.97. The molecular weight excluding hydrogens is 220 g/mol. The lowest BCUT2D eigenvalue weighted by atomic mass is 10.3. The molecule has 0 aliphatic rings. The molecule has 0 bridgehead atoms. The Labute approximate surface area is 99.3 Å². The molecule has 0 aliphatic carbocycles. The molecule has 0 spiro atoms. The van der Waals surface area contributed by atoms with E-state index in [-0.39, 0.29) is 0 Å². The van der Waals surface area contributed by atoms with Gasteiger partial charge >= 0.3 is 0 Å². The van der Waals surface area contributed by atoms with Gasteiger partial charge in [-0.2, -0.15) is 5.10 Å². The van der Waals surface area contributed by atoms with Crippen molar-refractivity contribution in [1.82, 2.24) is 20.1 Å². The molecule has 2 aromatic heterocycles. The highest BCUT2D eigenvalue weighted by Crippen LogP contribution is 2.10. The fourth-order valence-corrected chi connectivity index (χ4v) is 2.23. The highest BCUT2D eigenvalue weighted by Gasteiger charge is 2.02. The van der Waals surface area contributed by atoms with Crippen molar-refractivity contribution < 1.29 is 0 Å². The molecule has 0 atom stereocenters. The monoisotopic (exact) mass is 236 g/mol. The number of nitrogens with zero attached hydrogens (tertiary/aromatic N) is 3. The van der Waals surface area contributed by atoms with E-state index in [1.165, 1.54) is 5.56 Å². The second-order valence-corrected chi connectivity index (χ2v) is 4.65. The molecule has 2 aromatic rings. The van der Waals surface area contributed by atoms with E-state index in [2.05, 4.69) is 33.9 Å². The Morgan fingerprint density at radius 2 is 2.38 bits per heavy atom. The summed E-state index contributed by atoms with van der Waals surface area (Å²) in [6.07, 6.45) is 3.97. The molecule has 0 radical (unpaired) electrons. The van der Waals surface area contributed by atoms with Crippen LogP contribution < -0.4 is 5.32 Å². The van der Waals surface area contributed by atoms with Gasteiger partial charge < -0.3 is 5.32 Å². The van der Waals surface area contributed by atoms with E-state index < -0.39 is 0 Å². The van der Waals surface area contributed by atoms with Crippen molar-refractivity contribution in [2.24, 2.45) is 0 Å². The zero-order valence-corrected chi connectivity index (χ0v) is 10.4. The summed E-state index contributed by atoms with van der Waals surface area (Å²) in [6, 6.07) is 0. The highest BCUT2D eigenvalue weighted by atomic mass is 32.1. The first-order chi connectivity index (χ1) is 7.78. The van der Waals surface area contributed by atoms with Crippen LogP contribution in [0.2, 0.25) is 0 Å². The van der Waals surface area contributed by atoms with Crippen LogP contribution in [0.25, 0.3) is 0 Å². The summed E-state index contributed by atoms with van der Waals surface area (Å²) in [4.78, 5) is 4.42. The van der Waals surface area contributed by atoms with E-state index in [1.54, 1.807) is 11.3 Å². The maximum atomic E-state index is 4.42. The first kappa shape index (κ1) is 11.3. The molecule has 4 nitrogen and oxygen atoms in total. The van der Waals surface area contributed by atoms with Crippen molar-refractivity contribution in [1.29, 1.82) is 0 Å². The Morgan fingerprint density at radius 3 is 3.06 bits per heavy atom. The van der Waals surface area contributed by atoms with Crippen LogP contribution in [0.1, 0.15) is 23.2 Å². The van der Waals surface area contributed by atoms with Gasteiger partial charge in [0.1, 0.15) is 5.01 Å². The Bertz CT molecular complexity index is 446. The normalized spacial score (nSPS) is 10.9. The largest absolute Gasteiger partial charge is 0.313 e. The van der Waals surface area contributed by atoms with E-state index in [0.717, 1.165) is 30.3 Å². The van der Waals surface area contributed by atoms with Gasteiger partial charge in [0.15, 0.2) is 0 Å². The van der Waals surface area contributed by atoms with E-state index in [1.807, 2.05) is 17.8 Å². The highest BCUT2D eigenvalue weighted by molar-refractivity contribution is 7.09. The van der Waals surface area contributed by atoms with E-state index in [9.17, 15) is 0 Å². The molecule has 0 fully saturated rings. The standard InChI is InChI=1S/C11H16N4S/c1-3-12-4-10-5-13-15(6-10)7-11-14-9(2)8-16-11/h5-6,8,12H,3-4,7H2,1-2H3. The molecule has 86 valence electrons. The van der Waals surface area contributed by atoms with Crippen molar-refractivity contribution in [2.75, 3.05) is 6.54 Å². The van der Waals surface area contributed by atoms with Crippen LogP contribution in [0.4, 0.5) is 0 Å².